The highest BCUT2D eigenvalue weighted by Crippen LogP contribution is 2.35. The number of benzene rings is 1. The first-order valence-corrected chi connectivity index (χ1v) is 5.20. The number of anilines is 2. The molecule has 0 bridgehead atoms. The third-order valence-electron chi connectivity index (χ3n) is 2.82. The first-order chi connectivity index (χ1) is 7.02. The van der Waals surface area contributed by atoms with Gasteiger partial charge in [-0.05, 0) is 23.6 Å². The minimum absolute atomic E-state index is 0.439. The molecule has 82 valence electrons. The SMILES string of the molecule is COc1ccc(N2CC(C)(C)C2)cc1N. The molecule has 1 aliphatic heterocycles. The molecule has 0 aliphatic carbocycles. The van der Waals surface area contributed by atoms with Crippen LogP contribution >= 0.6 is 0 Å². The summed E-state index contributed by atoms with van der Waals surface area (Å²) in [6.07, 6.45) is 0. The molecule has 1 fully saturated rings. The zero-order valence-corrected chi connectivity index (χ0v) is 9.58. The zero-order valence-electron chi connectivity index (χ0n) is 9.58. The van der Waals surface area contributed by atoms with Gasteiger partial charge >= 0.3 is 0 Å². The molecule has 0 atom stereocenters. The molecule has 0 aromatic heterocycles. The molecule has 2 N–H and O–H groups in total. The van der Waals surface area contributed by atoms with Crippen molar-refractivity contribution in [3.63, 3.8) is 0 Å². The molecule has 15 heavy (non-hydrogen) atoms. The van der Waals surface area contributed by atoms with E-state index in [0.717, 1.165) is 18.8 Å². The fourth-order valence-corrected chi connectivity index (χ4v) is 2.09. The minimum atomic E-state index is 0.439. The van der Waals surface area contributed by atoms with Gasteiger partial charge in [0.2, 0.25) is 0 Å². The molecule has 1 heterocycles. The predicted octanol–water partition coefficient (Wildman–Crippen LogP) is 2.12. The maximum Gasteiger partial charge on any atom is 0.141 e. The highest BCUT2D eigenvalue weighted by Gasteiger charge is 2.34. The molecular formula is C12H18N2O. The number of hydrogen-bond donors (Lipinski definition) is 1. The van der Waals surface area contributed by atoms with Crippen molar-refractivity contribution in [2.45, 2.75) is 13.8 Å². The van der Waals surface area contributed by atoms with Gasteiger partial charge in [-0.2, -0.15) is 0 Å². The van der Waals surface area contributed by atoms with Crippen LogP contribution in [-0.2, 0) is 0 Å². The van der Waals surface area contributed by atoms with Crippen molar-refractivity contribution >= 4 is 11.4 Å². The first kappa shape index (κ1) is 10.1. The lowest BCUT2D eigenvalue weighted by molar-refractivity contribution is 0.276. The van der Waals surface area contributed by atoms with Gasteiger partial charge < -0.3 is 15.4 Å². The summed E-state index contributed by atoms with van der Waals surface area (Å²) < 4.78 is 5.13. The summed E-state index contributed by atoms with van der Waals surface area (Å²) in [5.74, 6) is 0.749. The lowest BCUT2D eigenvalue weighted by Gasteiger charge is -2.47. The molecule has 3 nitrogen and oxygen atoms in total. The smallest absolute Gasteiger partial charge is 0.141 e. The van der Waals surface area contributed by atoms with E-state index in [-0.39, 0.29) is 0 Å². The van der Waals surface area contributed by atoms with Crippen molar-refractivity contribution < 1.29 is 4.74 Å². The number of nitrogen functional groups attached to an aromatic ring is 1. The van der Waals surface area contributed by atoms with Crippen molar-refractivity contribution in [3.8, 4) is 5.75 Å². The van der Waals surface area contributed by atoms with Crippen LogP contribution in [0.25, 0.3) is 0 Å². The van der Waals surface area contributed by atoms with Gasteiger partial charge in [-0.15, -0.1) is 0 Å². The molecular weight excluding hydrogens is 188 g/mol. The Labute approximate surface area is 90.8 Å². The molecule has 2 rings (SSSR count). The van der Waals surface area contributed by atoms with E-state index >= 15 is 0 Å². The van der Waals surface area contributed by atoms with Crippen molar-refractivity contribution in [3.05, 3.63) is 18.2 Å². The van der Waals surface area contributed by atoms with E-state index < -0.39 is 0 Å². The second-order valence-corrected chi connectivity index (χ2v) is 4.95. The number of nitrogens with zero attached hydrogens (tertiary/aromatic N) is 1. The van der Waals surface area contributed by atoms with Crippen LogP contribution in [0.3, 0.4) is 0 Å². The van der Waals surface area contributed by atoms with Gasteiger partial charge in [0.15, 0.2) is 0 Å². The monoisotopic (exact) mass is 206 g/mol. The van der Waals surface area contributed by atoms with Crippen molar-refractivity contribution in [1.82, 2.24) is 0 Å². The van der Waals surface area contributed by atoms with E-state index in [0.29, 0.717) is 11.1 Å². The van der Waals surface area contributed by atoms with Crippen molar-refractivity contribution in [2.75, 3.05) is 30.8 Å². The van der Waals surface area contributed by atoms with Gasteiger partial charge in [-0.25, -0.2) is 0 Å². The second-order valence-electron chi connectivity index (χ2n) is 4.95. The molecule has 0 spiro atoms. The first-order valence-electron chi connectivity index (χ1n) is 5.20. The number of rotatable bonds is 2. The van der Waals surface area contributed by atoms with Crippen LogP contribution in [0.15, 0.2) is 18.2 Å². The lowest BCUT2D eigenvalue weighted by Crippen LogP contribution is -2.53. The highest BCUT2D eigenvalue weighted by atomic mass is 16.5. The van der Waals surface area contributed by atoms with Crippen molar-refractivity contribution in [2.24, 2.45) is 5.41 Å². The Bertz CT molecular complexity index is 366. The maximum absolute atomic E-state index is 5.86. The second kappa shape index (κ2) is 3.33. The summed E-state index contributed by atoms with van der Waals surface area (Å²) in [5, 5.41) is 0. The molecule has 1 aliphatic rings. The van der Waals surface area contributed by atoms with E-state index in [2.05, 4.69) is 24.8 Å². The molecule has 3 heteroatoms. The summed E-state index contributed by atoms with van der Waals surface area (Å²) in [4.78, 5) is 2.33. The van der Waals surface area contributed by atoms with Gasteiger partial charge in [0.25, 0.3) is 0 Å². The molecule has 1 aromatic carbocycles. The van der Waals surface area contributed by atoms with Gasteiger partial charge in [0.05, 0.1) is 12.8 Å². The van der Waals surface area contributed by atoms with Crippen LogP contribution in [0.5, 0.6) is 5.75 Å². The molecule has 0 radical (unpaired) electrons. The zero-order chi connectivity index (χ0) is 11.1. The van der Waals surface area contributed by atoms with Gasteiger partial charge in [-0.1, -0.05) is 13.8 Å². The Morgan fingerprint density at radius 1 is 1.33 bits per heavy atom. The molecule has 1 saturated heterocycles. The quantitative estimate of drug-likeness (QED) is 0.753. The van der Waals surface area contributed by atoms with Gasteiger partial charge in [0.1, 0.15) is 5.75 Å². The van der Waals surface area contributed by atoms with Gasteiger partial charge in [0, 0.05) is 18.8 Å². The Morgan fingerprint density at radius 3 is 2.47 bits per heavy atom. The van der Waals surface area contributed by atoms with Crippen LogP contribution in [0.4, 0.5) is 11.4 Å². The van der Waals surface area contributed by atoms with Crippen LogP contribution in [0, 0.1) is 5.41 Å². The minimum Gasteiger partial charge on any atom is -0.495 e. The van der Waals surface area contributed by atoms with Gasteiger partial charge in [-0.3, -0.25) is 0 Å². The molecule has 0 unspecified atom stereocenters. The number of ether oxygens (including phenoxy) is 1. The molecule has 0 saturated carbocycles. The topological polar surface area (TPSA) is 38.5 Å². The summed E-state index contributed by atoms with van der Waals surface area (Å²) in [6.45, 7) is 6.74. The maximum atomic E-state index is 5.86. The van der Waals surface area contributed by atoms with E-state index in [1.807, 2.05) is 12.1 Å². The van der Waals surface area contributed by atoms with Crippen molar-refractivity contribution in [1.29, 1.82) is 0 Å². The third-order valence-corrected chi connectivity index (χ3v) is 2.82. The fraction of sp³-hybridized carbons (Fsp3) is 0.500. The molecule has 0 amide bonds. The molecule has 1 aromatic rings. The number of methoxy groups -OCH3 is 1. The Hall–Kier alpha value is -1.38. The summed E-state index contributed by atoms with van der Waals surface area (Å²) in [6, 6.07) is 5.97. The largest absolute Gasteiger partial charge is 0.495 e. The Kier molecular flexibility index (Phi) is 2.25. The fourth-order valence-electron chi connectivity index (χ4n) is 2.09. The normalized spacial score (nSPS) is 18.5. The van der Waals surface area contributed by atoms with E-state index in [4.69, 9.17) is 10.5 Å². The Morgan fingerprint density at radius 2 is 2.00 bits per heavy atom. The average Bonchev–Trinajstić information content (AvgIpc) is 2.14. The van der Waals surface area contributed by atoms with Crippen LogP contribution in [0.2, 0.25) is 0 Å². The summed E-state index contributed by atoms with van der Waals surface area (Å²) in [7, 11) is 1.64. The summed E-state index contributed by atoms with van der Waals surface area (Å²) >= 11 is 0. The third kappa shape index (κ3) is 1.87. The number of nitrogens with two attached hydrogens (primary N) is 1. The standard InChI is InChI=1S/C12H18N2O/c1-12(2)7-14(8-12)9-4-5-11(15-3)10(13)6-9/h4-6H,7-8,13H2,1-3H3. The average molecular weight is 206 g/mol. The van der Waals surface area contributed by atoms with E-state index in [9.17, 15) is 0 Å². The van der Waals surface area contributed by atoms with Crippen LogP contribution in [0.1, 0.15) is 13.8 Å². The summed E-state index contributed by atoms with van der Waals surface area (Å²) in [5.41, 5.74) is 8.20. The Balaban J connectivity index is 2.14. The van der Waals surface area contributed by atoms with E-state index in [1.54, 1.807) is 7.11 Å². The van der Waals surface area contributed by atoms with Crippen LogP contribution in [-0.4, -0.2) is 20.2 Å². The van der Waals surface area contributed by atoms with E-state index in [1.165, 1.54) is 5.69 Å². The van der Waals surface area contributed by atoms with Crippen LogP contribution < -0.4 is 15.4 Å². The highest BCUT2D eigenvalue weighted by molar-refractivity contribution is 5.64. The predicted molar refractivity (Wildman–Crippen MR) is 63.4 cm³/mol. The number of hydrogen-bond acceptors (Lipinski definition) is 3. The lowest BCUT2D eigenvalue weighted by atomic mass is 9.84.